The first kappa shape index (κ1) is 19.1. The minimum atomic E-state index is -0.349. The Bertz CT molecular complexity index is 830. The third kappa shape index (κ3) is 4.02. The predicted molar refractivity (Wildman–Crippen MR) is 99.9 cm³/mol. The van der Waals surface area contributed by atoms with Gasteiger partial charge in [-0.1, -0.05) is 29.4 Å². The lowest BCUT2D eigenvalue weighted by atomic mass is 9.97. The van der Waals surface area contributed by atoms with Crippen molar-refractivity contribution in [3.63, 3.8) is 0 Å². The number of amides is 1. The van der Waals surface area contributed by atoms with E-state index in [0.717, 1.165) is 11.1 Å². The first-order chi connectivity index (χ1) is 13.0. The van der Waals surface area contributed by atoms with Crippen molar-refractivity contribution in [2.75, 3.05) is 19.6 Å². The largest absolute Gasteiger partial charge is 0.393 e. The second-order valence-electron chi connectivity index (χ2n) is 6.74. The zero-order chi connectivity index (χ0) is 19.4. The summed E-state index contributed by atoms with van der Waals surface area (Å²) < 4.78 is 5.23. The molecule has 7 heteroatoms. The van der Waals surface area contributed by atoms with E-state index in [1.165, 1.54) is 0 Å². The molecule has 1 fully saturated rings. The molecule has 2 heterocycles. The number of benzene rings is 1. The Labute approximate surface area is 158 Å². The summed E-state index contributed by atoms with van der Waals surface area (Å²) >= 11 is 0. The summed E-state index contributed by atoms with van der Waals surface area (Å²) in [5.74, 6) is 0.307. The van der Waals surface area contributed by atoms with Crippen molar-refractivity contribution in [3.05, 3.63) is 41.3 Å². The number of carbonyl (C=O) groups is 1. The average molecular weight is 368 g/mol. The third-order valence-electron chi connectivity index (χ3n) is 4.92. The summed E-state index contributed by atoms with van der Waals surface area (Å²) in [7, 11) is 0. The number of aryl methyl sites for hydroxylation is 1. The molecule has 1 aromatic heterocycles. The van der Waals surface area contributed by atoms with E-state index in [1.54, 1.807) is 6.92 Å². The maximum absolute atomic E-state index is 12.2. The van der Waals surface area contributed by atoms with Gasteiger partial charge in [0.25, 0.3) is 5.91 Å². The van der Waals surface area contributed by atoms with Gasteiger partial charge in [0, 0.05) is 19.6 Å². The molecule has 142 valence electrons. The van der Waals surface area contributed by atoms with E-state index in [-0.39, 0.29) is 23.7 Å². The summed E-state index contributed by atoms with van der Waals surface area (Å²) in [6.07, 6.45) is 1.10. The number of aromatic nitrogens is 1. The number of rotatable bonds is 5. The fraction of sp³-hybridized carbons (Fsp3) is 0.450. The molecular weight excluding hydrogens is 344 g/mol. The second-order valence-corrected chi connectivity index (χ2v) is 6.74. The van der Waals surface area contributed by atoms with E-state index >= 15 is 0 Å². The van der Waals surface area contributed by atoms with Crippen LogP contribution in [0.5, 0.6) is 0 Å². The van der Waals surface area contributed by atoms with Crippen molar-refractivity contribution in [1.82, 2.24) is 15.4 Å². The van der Waals surface area contributed by atoms with E-state index in [2.05, 4.69) is 21.4 Å². The minimum Gasteiger partial charge on any atom is -0.393 e. The molecule has 0 spiro atoms. The first-order valence-electron chi connectivity index (χ1n) is 9.21. The lowest BCUT2D eigenvalue weighted by molar-refractivity contribution is 0.0716. The average Bonchev–Trinajstić information content (AvgIpc) is 3.06. The van der Waals surface area contributed by atoms with Crippen LogP contribution in [-0.4, -0.2) is 46.8 Å². The van der Waals surface area contributed by atoms with Gasteiger partial charge in [-0.15, -0.1) is 0 Å². The number of piperidine rings is 1. The van der Waals surface area contributed by atoms with Crippen LogP contribution in [0.4, 0.5) is 0 Å². The molecule has 1 aromatic carbocycles. The fourth-order valence-corrected chi connectivity index (χ4v) is 3.45. The number of carbonyl (C=O) groups excluding carboxylic acids is 1. The highest BCUT2D eigenvalue weighted by molar-refractivity contribution is 5.99. The molecule has 1 aliphatic heterocycles. The highest BCUT2D eigenvalue weighted by Crippen LogP contribution is 2.30. The molecule has 1 unspecified atom stereocenters. The fourth-order valence-electron chi connectivity index (χ4n) is 3.45. The van der Waals surface area contributed by atoms with Crippen LogP contribution in [0.3, 0.4) is 0 Å². The molecule has 1 amide bonds. The van der Waals surface area contributed by atoms with Crippen molar-refractivity contribution < 1.29 is 14.4 Å². The van der Waals surface area contributed by atoms with Gasteiger partial charge in [0.1, 0.15) is 11.8 Å². The number of nitrogens with zero attached hydrogens (tertiary/aromatic N) is 3. The predicted octanol–water partition coefficient (Wildman–Crippen LogP) is 2.42. The molecule has 2 aromatic rings. The van der Waals surface area contributed by atoms with E-state index < -0.39 is 0 Å². The molecule has 0 bridgehead atoms. The summed E-state index contributed by atoms with van der Waals surface area (Å²) in [5.41, 5.74) is 2.65. The Kier molecular flexibility index (Phi) is 5.89. The highest BCUT2D eigenvalue weighted by atomic mass is 16.5. The van der Waals surface area contributed by atoms with Gasteiger partial charge in [-0.25, -0.2) is 0 Å². The lowest BCUT2D eigenvalue weighted by Crippen LogP contribution is -2.38. The van der Waals surface area contributed by atoms with E-state index in [1.807, 2.05) is 31.2 Å². The van der Waals surface area contributed by atoms with E-state index in [4.69, 9.17) is 4.52 Å². The van der Waals surface area contributed by atoms with Crippen molar-refractivity contribution in [3.8, 4) is 17.2 Å². The normalized spacial score (nSPS) is 16.7. The third-order valence-corrected chi connectivity index (χ3v) is 4.92. The Morgan fingerprint density at radius 1 is 1.41 bits per heavy atom. The molecule has 0 aliphatic carbocycles. The Hall–Kier alpha value is -2.69. The SMILES string of the molecule is CCNC(=O)c1noc(C)c1-c1ccc(C(C#N)N2CCC(O)CC2)cc1. The Balaban J connectivity index is 1.85. The molecule has 1 atom stereocenters. The van der Waals surface area contributed by atoms with Gasteiger partial charge in [-0.3, -0.25) is 9.69 Å². The maximum Gasteiger partial charge on any atom is 0.274 e. The van der Waals surface area contributed by atoms with Crippen molar-refractivity contribution in [1.29, 1.82) is 5.26 Å². The topological polar surface area (TPSA) is 102 Å². The van der Waals surface area contributed by atoms with E-state index in [0.29, 0.717) is 43.8 Å². The Morgan fingerprint density at radius 3 is 2.67 bits per heavy atom. The van der Waals surface area contributed by atoms with Gasteiger partial charge in [0.2, 0.25) is 0 Å². The molecule has 1 aliphatic rings. The summed E-state index contributed by atoms with van der Waals surface area (Å²) in [4.78, 5) is 14.3. The van der Waals surface area contributed by atoms with Crippen molar-refractivity contribution >= 4 is 5.91 Å². The second kappa shape index (κ2) is 8.33. The van der Waals surface area contributed by atoms with Gasteiger partial charge in [0.05, 0.1) is 17.7 Å². The standard InChI is InChI=1S/C20H24N4O3/c1-3-22-20(26)19-18(13(2)27-23-19)15-6-4-14(5-7-15)17(12-21)24-10-8-16(25)9-11-24/h4-7,16-17,25H,3,8-11H2,1-2H3,(H,22,26). The smallest absolute Gasteiger partial charge is 0.274 e. The van der Waals surface area contributed by atoms with Crippen LogP contribution in [0, 0.1) is 18.3 Å². The monoisotopic (exact) mass is 368 g/mol. The Morgan fingerprint density at radius 2 is 2.07 bits per heavy atom. The van der Waals surface area contributed by atoms with Crippen LogP contribution >= 0.6 is 0 Å². The summed E-state index contributed by atoms with van der Waals surface area (Å²) in [6.45, 7) is 5.54. The first-order valence-corrected chi connectivity index (χ1v) is 9.21. The number of hydrogen-bond acceptors (Lipinski definition) is 6. The molecule has 3 rings (SSSR count). The van der Waals surface area contributed by atoms with Crippen LogP contribution in [0.15, 0.2) is 28.8 Å². The molecule has 7 nitrogen and oxygen atoms in total. The quantitative estimate of drug-likeness (QED) is 0.840. The minimum absolute atomic E-state index is 0.268. The molecule has 2 N–H and O–H groups in total. The van der Waals surface area contributed by atoms with E-state index in [9.17, 15) is 15.2 Å². The molecule has 1 saturated heterocycles. The molecule has 0 radical (unpaired) electrons. The van der Waals surface area contributed by atoms with Crippen LogP contribution in [0.25, 0.3) is 11.1 Å². The molecule has 0 saturated carbocycles. The van der Waals surface area contributed by atoms with Gasteiger partial charge in [-0.05, 0) is 37.8 Å². The van der Waals surface area contributed by atoms with Crippen molar-refractivity contribution in [2.45, 2.75) is 38.8 Å². The number of aliphatic hydroxyl groups is 1. The van der Waals surface area contributed by atoms with Crippen molar-refractivity contribution in [2.24, 2.45) is 0 Å². The maximum atomic E-state index is 12.2. The van der Waals surface area contributed by atoms with Crippen LogP contribution in [0.1, 0.15) is 47.6 Å². The highest BCUT2D eigenvalue weighted by Gasteiger charge is 2.26. The number of nitrogens with one attached hydrogen (secondary N) is 1. The zero-order valence-electron chi connectivity index (χ0n) is 15.6. The lowest BCUT2D eigenvalue weighted by Gasteiger charge is -2.33. The summed E-state index contributed by atoms with van der Waals surface area (Å²) in [5, 5.41) is 25.9. The van der Waals surface area contributed by atoms with Gasteiger partial charge >= 0.3 is 0 Å². The number of aliphatic hydroxyl groups excluding tert-OH is 1. The van der Waals surface area contributed by atoms with Gasteiger partial charge < -0.3 is 14.9 Å². The number of nitriles is 1. The van der Waals surface area contributed by atoms with Crippen LogP contribution in [0.2, 0.25) is 0 Å². The zero-order valence-corrected chi connectivity index (χ0v) is 15.6. The summed E-state index contributed by atoms with van der Waals surface area (Å²) in [6, 6.07) is 9.60. The number of likely N-dealkylation sites (tertiary alicyclic amines) is 1. The van der Waals surface area contributed by atoms with Crippen LogP contribution in [-0.2, 0) is 0 Å². The van der Waals surface area contributed by atoms with Gasteiger partial charge in [0.15, 0.2) is 5.69 Å². The van der Waals surface area contributed by atoms with Crippen LogP contribution < -0.4 is 5.32 Å². The molecular formula is C20H24N4O3. The van der Waals surface area contributed by atoms with Gasteiger partial charge in [-0.2, -0.15) is 5.26 Å². The molecule has 27 heavy (non-hydrogen) atoms. The number of hydrogen-bond donors (Lipinski definition) is 2.